The summed E-state index contributed by atoms with van der Waals surface area (Å²) in [5.74, 6) is 0.879. The molecule has 0 N–H and O–H groups in total. The Morgan fingerprint density at radius 1 is 1.00 bits per heavy atom. The van der Waals surface area contributed by atoms with E-state index in [2.05, 4.69) is 25.1 Å². The number of carbonyl (C=O) groups excluding carboxylic acids is 1. The first-order valence-corrected chi connectivity index (χ1v) is 8.30. The first kappa shape index (κ1) is 15.0. The predicted octanol–water partition coefficient (Wildman–Crippen LogP) is 1.38. The van der Waals surface area contributed by atoms with Crippen molar-refractivity contribution in [3.63, 3.8) is 0 Å². The molecular formula is C17H20N6O. The number of aryl methyl sites for hydroxylation is 2. The van der Waals surface area contributed by atoms with Gasteiger partial charge in [0.15, 0.2) is 5.82 Å². The lowest BCUT2D eigenvalue weighted by Crippen LogP contribution is -2.40. The Morgan fingerprint density at radius 2 is 1.83 bits per heavy atom. The number of hydrogen-bond donors (Lipinski definition) is 0. The molecule has 2 aliphatic rings. The van der Waals surface area contributed by atoms with Gasteiger partial charge in [0, 0.05) is 19.3 Å². The zero-order valence-electron chi connectivity index (χ0n) is 13.9. The molecule has 0 bridgehead atoms. The van der Waals surface area contributed by atoms with Gasteiger partial charge >= 0.3 is 0 Å². The van der Waals surface area contributed by atoms with Crippen molar-refractivity contribution < 1.29 is 4.79 Å². The highest BCUT2D eigenvalue weighted by Gasteiger charge is 2.45. The third kappa shape index (κ3) is 2.50. The highest BCUT2D eigenvalue weighted by Crippen LogP contribution is 2.34. The number of anilines is 1. The molecule has 0 saturated carbocycles. The van der Waals surface area contributed by atoms with Crippen molar-refractivity contribution in [1.29, 1.82) is 0 Å². The minimum atomic E-state index is -0.0214. The SMILES string of the molecule is Cc1cnc(C(=O)N2CC[C@H]3[C@H]2CCN3c2ccc(C)nn2)cn1. The van der Waals surface area contributed by atoms with Gasteiger partial charge < -0.3 is 9.80 Å². The zero-order chi connectivity index (χ0) is 16.7. The Kier molecular flexibility index (Phi) is 3.63. The largest absolute Gasteiger partial charge is 0.350 e. The van der Waals surface area contributed by atoms with E-state index in [9.17, 15) is 4.79 Å². The zero-order valence-corrected chi connectivity index (χ0v) is 13.9. The van der Waals surface area contributed by atoms with Crippen LogP contribution in [0.25, 0.3) is 0 Å². The van der Waals surface area contributed by atoms with E-state index in [0.717, 1.165) is 43.1 Å². The molecule has 4 heterocycles. The number of aromatic nitrogens is 4. The molecule has 7 heteroatoms. The first-order valence-electron chi connectivity index (χ1n) is 8.30. The highest BCUT2D eigenvalue weighted by atomic mass is 16.2. The van der Waals surface area contributed by atoms with Gasteiger partial charge in [0.2, 0.25) is 0 Å². The second-order valence-electron chi connectivity index (χ2n) is 6.48. The lowest BCUT2D eigenvalue weighted by atomic mass is 10.1. The average molecular weight is 324 g/mol. The maximum atomic E-state index is 12.8. The van der Waals surface area contributed by atoms with Crippen molar-refractivity contribution in [2.75, 3.05) is 18.0 Å². The van der Waals surface area contributed by atoms with E-state index < -0.39 is 0 Å². The maximum Gasteiger partial charge on any atom is 0.274 e. The highest BCUT2D eigenvalue weighted by molar-refractivity contribution is 5.92. The molecule has 2 atom stereocenters. The van der Waals surface area contributed by atoms with E-state index in [1.54, 1.807) is 12.4 Å². The summed E-state index contributed by atoms with van der Waals surface area (Å²) in [6.07, 6.45) is 5.11. The van der Waals surface area contributed by atoms with Gasteiger partial charge in [-0.2, -0.15) is 5.10 Å². The monoisotopic (exact) mass is 324 g/mol. The Labute approximate surface area is 140 Å². The van der Waals surface area contributed by atoms with Gasteiger partial charge in [-0.05, 0) is 38.8 Å². The third-order valence-electron chi connectivity index (χ3n) is 4.92. The summed E-state index contributed by atoms with van der Waals surface area (Å²) >= 11 is 0. The number of carbonyl (C=O) groups is 1. The molecule has 2 saturated heterocycles. The van der Waals surface area contributed by atoms with Crippen LogP contribution < -0.4 is 4.90 Å². The first-order chi connectivity index (χ1) is 11.6. The molecule has 24 heavy (non-hydrogen) atoms. The molecule has 0 aromatic carbocycles. The van der Waals surface area contributed by atoms with Gasteiger partial charge in [0.1, 0.15) is 5.69 Å². The number of hydrogen-bond acceptors (Lipinski definition) is 6. The number of rotatable bonds is 2. The quantitative estimate of drug-likeness (QED) is 0.831. The molecule has 2 aliphatic heterocycles. The minimum Gasteiger partial charge on any atom is -0.350 e. The topological polar surface area (TPSA) is 75.1 Å². The number of likely N-dealkylation sites (tertiary alicyclic amines) is 1. The van der Waals surface area contributed by atoms with Crippen LogP contribution >= 0.6 is 0 Å². The molecule has 2 aromatic rings. The van der Waals surface area contributed by atoms with Crippen LogP contribution in [0.5, 0.6) is 0 Å². The Morgan fingerprint density at radius 3 is 2.54 bits per heavy atom. The second kappa shape index (κ2) is 5.81. The van der Waals surface area contributed by atoms with Gasteiger partial charge in [-0.25, -0.2) is 4.98 Å². The summed E-state index contributed by atoms with van der Waals surface area (Å²) in [5, 5.41) is 8.47. The molecule has 4 rings (SSSR count). The van der Waals surface area contributed by atoms with Crippen LogP contribution in [-0.4, -0.2) is 56.1 Å². The second-order valence-corrected chi connectivity index (χ2v) is 6.48. The van der Waals surface area contributed by atoms with Gasteiger partial charge in [-0.3, -0.25) is 9.78 Å². The molecule has 0 unspecified atom stereocenters. The fraction of sp³-hybridized carbons (Fsp3) is 0.471. The van der Waals surface area contributed by atoms with Crippen molar-refractivity contribution in [3.8, 4) is 0 Å². The van der Waals surface area contributed by atoms with Crippen molar-refractivity contribution in [3.05, 3.63) is 41.6 Å². The van der Waals surface area contributed by atoms with E-state index in [-0.39, 0.29) is 11.9 Å². The molecule has 0 spiro atoms. The minimum absolute atomic E-state index is 0.0214. The number of nitrogens with zero attached hydrogens (tertiary/aromatic N) is 6. The van der Waals surface area contributed by atoms with Gasteiger partial charge in [-0.15, -0.1) is 5.10 Å². The molecular weight excluding hydrogens is 304 g/mol. The Bertz CT molecular complexity index is 745. The van der Waals surface area contributed by atoms with Crippen LogP contribution in [0.3, 0.4) is 0 Å². The third-order valence-corrected chi connectivity index (χ3v) is 4.92. The standard InChI is InChI=1S/C17H20N6O/c1-11-3-4-16(21-20-11)22-7-5-15-14(22)6-8-23(15)17(24)13-10-18-12(2)9-19-13/h3-4,9-10,14-15H,5-8H2,1-2H3/t14-,15+/m0/s1. The number of fused-ring (bicyclic) bond motifs is 1. The molecule has 0 radical (unpaired) electrons. The summed E-state index contributed by atoms with van der Waals surface area (Å²) in [6.45, 7) is 5.45. The lowest BCUT2D eigenvalue weighted by molar-refractivity contribution is 0.0731. The molecule has 1 amide bonds. The van der Waals surface area contributed by atoms with Crippen molar-refractivity contribution in [1.82, 2.24) is 25.1 Å². The van der Waals surface area contributed by atoms with E-state index in [4.69, 9.17) is 0 Å². The van der Waals surface area contributed by atoms with Crippen LogP contribution in [0.1, 0.15) is 34.7 Å². The van der Waals surface area contributed by atoms with Crippen molar-refractivity contribution >= 4 is 11.7 Å². The predicted molar refractivity (Wildman–Crippen MR) is 88.7 cm³/mol. The smallest absolute Gasteiger partial charge is 0.274 e. The molecule has 2 fully saturated rings. The van der Waals surface area contributed by atoms with E-state index in [1.807, 2.05) is 30.9 Å². The van der Waals surface area contributed by atoms with Crippen LogP contribution in [0, 0.1) is 13.8 Å². The number of amides is 1. The van der Waals surface area contributed by atoms with Crippen LogP contribution in [-0.2, 0) is 0 Å². The molecule has 0 aliphatic carbocycles. The molecule has 124 valence electrons. The summed E-state index contributed by atoms with van der Waals surface area (Å²) in [4.78, 5) is 25.4. The van der Waals surface area contributed by atoms with Crippen LogP contribution in [0.15, 0.2) is 24.5 Å². The van der Waals surface area contributed by atoms with Crippen LogP contribution in [0.4, 0.5) is 5.82 Å². The van der Waals surface area contributed by atoms with E-state index in [0.29, 0.717) is 11.7 Å². The van der Waals surface area contributed by atoms with E-state index in [1.165, 1.54) is 0 Å². The fourth-order valence-corrected chi connectivity index (χ4v) is 3.72. The molecule has 2 aromatic heterocycles. The van der Waals surface area contributed by atoms with Crippen LogP contribution in [0.2, 0.25) is 0 Å². The summed E-state index contributed by atoms with van der Waals surface area (Å²) in [7, 11) is 0. The van der Waals surface area contributed by atoms with E-state index >= 15 is 0 Å². The maximum absolute atomic E-state index is 12.8. The summed E-state index contributed by atoms with van der Waals surface area (Å²) in [5.41, 5.74) is 2.15. The lowest BCUT2D eigenvalue weighted by Gasteiger charge is -2.25. The Balaban J connectivity index is 1.53. The van der Waals surface area contributed by atoms with Crippen molar-refractivity contribution in [2.24, 2.45) is 0 Å². The molecule has 7 nitrogen and oxygen atoms in total. The van der Waals surface area contributed by atoms with Gasteiger partial charge in [0.05, 0.1) is 29.7 Å². The summed E-state index contributed by atoms with van der Waals surface area (Å²) < 4.78 is 0. The average Bonchev–Trinajstić information content (AvgIpc) is 3.18. The summed E-state index contributed by atoms with van der Waals surface area (Å²) in [6, 6.07) is 4.52. The van der Waals surface area contributed by atoms with Gasteiger partial charge in [-0.1, -0.05) is 0 Å². The van der Waals surface area contributed by atoms with Gasteiger partial charge in [0.25, 0.3) is 5.91 Å². The Hall–Kier alpha value is -2.57. The fourth-order valence-electron chi connectivity index (χ4n) is 3.72. The van der Waals surface area contributed by atoms with Crippen molar-refractivity contribution in [2.45, 2.75) is 38.8 Å². The normalized spacial score (nSPS) is 22.8.